The van der Waals surface area contributed by atoms with E-state index in [2.05, 4.69) is 25.7 Å². The molecule has 1 aliphatic rings. The molecule has 1 rings (SSSR count). The number of likely N-dealkylation sites (N-methyl/N-ethyl adjacent to an activating group) is 2. The maximum absolute atomic E-state index is 12.4. The summed E-state index contributed by atoms with van der Waals surface area (Å²) in [5.41, 5.74) is 0. The van der Waals surface area contributed by atoms with E-state index in [-0.39, 0.29) is 0 Å². The van der Waals surface area contributed by atoms with Crippen molar-refractivity contribution >= 4 is 5.91 Å². The monoisotopic (exact) mass is 268 g/mol. The van der Waals surface area contributed by atoms with E-state index in [4.69, 9.17) is 0 Å². The molecule has 1 saturated carbocycles. The van der Waals surface area contributed by atoms with Crippen molar-refractivity contribution in [3.8, 4) is 0 Å². The number of carbonyl (C=O) groups is 1. The maximum Gasteiger partial charge on any atom is 0.236 e. The normalized spacial score (nSPS) is 23.6. The summed E-state index contributed by atoms with van der Waals surface area (Å²) in [5, 5.41) is 0. The fraction of sp³-hybridized carbons (Fsp3) is 0.938. The summed E-state index contributed by atoms with van der Waals surface area (Å²) in [6.45, 7) is 9.25. The van der Waals surface area contributed by atoms with E-state index < -0.39 is 0 Å². The molecule has 0 spiro atoms. The van der Waals surface area contributed by atoms with Crippen molar-refractivity contribution in [2.24, 2.45) is 5.92 Å². The molecule has 0 bridgehead atoms. The van der Waals surface area contributed by atoms with Crippen LogP contribution in [0.2, 0.25) is 0 Å². The highest BCUT2D eigenvalue weighted by Gasteiger charge is 2.28. The average Bonchev–Trinajstić information content (AvgIpc) is 2.43. The highest BCUT2D eigenvalue weighted by molar-refractivity contribution is 5.78. The second kappa shape index (κ2) is 8.57. The van der Waals surface area contributed by atoms with Gasteiger partial charge in [0.25, 0.3) is 0 Å². The average molecular weight is 268 g/mol. The standard InChI is InChI=1S/C16H32N2O/c1-5-7-12-18(6-2)13-16(19)17(4)15-11-9-8-10-14(15)3/h14-15H,5-13H2,1-4H3. The Balaban J connectivity index is 2.46. The molecule has 0 aromatic carbocycles. The van der Waals surface area contributed by atoms with Crippen LogP contribution >= 0.6 is 0 Å². The molecule has 112 valence electrons. The number of unbranched alkanes of at least 4 members (excludes halogenated alkanes) is 1. The van der Waals surface area contributed by atoms with Gasteiger partial charge in [0.1, 0.15) is 0 Å². The second-order valence-electron chi connectivity index (χ2n) is 6.06. The first-order valence-electron chi connectivity index (χ1n) is 8.08. The molecule has 2 atom stereocenters. The molecule has 19 heavy (non-hydrogen) atoms. The van der Waals surface area contributed by atoms with Gasteiger partial charge in [-0.2, -0.15) is 0 Å². The fourth-order valence-corrected chi connectivity index (χ4v) is 3.09. The number of hydrogen-bond donors (Lipinski definition) is 0. The van der Waals surface area contributed by atoms with E-state index in [1.165, 1.54) is 38.5 Å². The molecule has 1 amide bonds. The van der Waals surface area contributed by atoms with Gasteiger partial charge in [-0.1, -0.05) is 40.0 Å². The Bertz CT molecular complexity index is 267. The van der Waals surface area contributed by atoms with E-state index in [0.29, 0.717) is 24.4 Å². The van der Waals surface area contributed by atoms with Gasteiger partial charge in [0.15, 0.2) is 0 Å². The highest BCUT2D eigenvalue weighted by Crippen LogP contribution is 2.27. The lowest BCUT2D eigenvalue weighted by Gasteiger charge is -2.37. The van der Waals surface area contributed by atoms with Crippen LogP contribution in [0.15, 0.2) is 0 Å². The van der Waals surface area contributed by atoms with Gasteiger partial charge in [-0.25, -0.2) is 0 Å². The van der Waals surface area contributed by atoms with Gasteiger partial charge in [0, 0.05) is 13.1 Å². The van der Waals surface area contributed by atoms with E-state index in [1.54, 1.807) is 0 Å². The Morgan fingerprint density at radius 3 is 2.47 bits per heavy atom. The van der Waals surface area contributed by atoms with Crippen LogP contribution in [0, 0.1) is 5.92 Å². The Morgan fingerprint density at radius 2 is 1.89 bits per heavy atom. The zero-order valence-corrected chi connectivity index (χ0v) is 13.3. The lowest BCUT2D eigenvalue weighted by molar-refractivity contribution is -0.134. The molecule has 0 aromatic heterocycles. The Hall–Kier alpha value is -0.570. The second-order valence-corrected chi connectivity index (χ2v) is 6.06. The van der Waals surface area contributed by atoms with Crippen molar-refractivity contribution in [2.75, 3.05) is 26.7 Å². The number of carbonyl (C=O) groups excluding carboxylic acids is 1. The third-order valence-electron chi connectivity index (χ3n) is 4.59. The first-order valence-corrected chi connectivity index (χ1v) is 8.08. The SMILES string of the molecule is CCCCN(CC)CC(=O)N(C)C1CCCCC1C. The third-order valence-corrected chi connectivity index (χ3v) is 4.59. The minimum absolute atomic E-state index is 0.303. The molecule has 3 heteroatoms. The molecule has 0 radical (unpaired) electrons. The summed E-state index contributed by atoms with van der Waals surface area (Å²) in [6, 6.07) is 0.464. The molecule has 0 aliphatic heterocycles. The number of amides is 1. The molecule has 2 unspecified atom stereocenters. The quantitative estimate of drug-likeness (QED) is 0.708. The van der Waals surface area contributed by atoms with E-state index in [9.17, 15) is 4.79 Å². The lowest BCUT2D eigenvalue weighted by atomic mass is 9.85. The van der Waals surface area contributed by atoms with Crippen molar-refractivity contribution in [2.45, 2.75) is 65.3 Å². The van der Waals surface area contributed by atoms with Crippen LogP contribution in [-0.2, 0) is 4.79 Å². The Labute approximate surface area is 119 Å². The van der Waals surface area contributed by atoms with Crippen molar-refractivity contribution < 1.29 is 4.79 Å². The number of rotatable bonds is 7. The molecule has 1 fully saturated rings. The van der Waals surface area contributed by atoms with Gasteiger partial charge in [-0.05, 0) is 38.3 Å². The fourth-order valence-electron chi connectivity index (χ4n) is 3.09. The summed E-state index contributed by atoms with van der Waals surface area (Å²) in [5.74, 6) is 0.963. The molecule has 3 nitrogen and oxygen atoms in total. The molecular weight excluding hydrogens is 236 g/mol. The highest BCUT2D eigenvalue weighted by atomic mass is 16.2. The minimum Gasteiger partial charge on any atom is -0.341 e. The zero-order valence-electron chi connectivity index (χ0n) is 13.3. The predicted octanol–water partition coefficient (Wildman–Crippen LogP) is 3.15. The smallest absolute Gasteiger partial charge is 0.236 e. The minimum atomic E-state index is 0.303. The summed E-state index contributed by atoms with van der Waals surface area (Å²) >= 11 is 0. The van der Waals surface area contributed by atoms with Gasteiger partial charge in [-0.3, -0.25) is 9.69 Å². The van der Waals surface area contributed by atoms with Gasteiger partial charge in [-0.15, -0.1) is 0 Å². The lowest BCUT2D eigenvalue weighted by Crippen LogP contribution is -2.47. The topological polar surface area (TPSA) is 23.6 Å². The van der Waals surface area contributed by atoms with E-state index in [1.807, 2.05) is 11.9 Å². The largest absolute Gasteiger partial charge is 0.341 e. The maximum atomic E-state index is 12.4. The number of nitrogens with zero attached hydrogens (tertiary/aromatic N) is 2. The van der Waals surface area contributed by atoms with Gasteiger partial charge in [0.2, 0.25) is 5.91 Å². The third kappa shape index (κ3) is 5.13. The molecular formula is C16H32N2O. The van der Waals surface area contributed by atoms with Crippen LogP contribution in [0.5, 0.6) is 0 Å². The predicted molar refractivity (Wildman–Crippen MR) is 81.2 cm³/mol. The molecule has 0 saturated heterocycles. The van der Waals surface area contributed by atoms with Crippen LogP contribution in [0.3, 0.4) is 0 Å². The summed E-state index contributed by atoms with van der Waals surface area (Å²) in [7, 11) is 2.00. The Kier molecular flexibility index (Phi) is 7.44. The van der Waals surface area contributed by atoms with Gasteiger partial charge >= 0.3 is 0 Å². The van der Waals surface area contributed by atoms with Crippen LogP contribution in [-0.4, -0.2) is 48.4 Å². The van der Waals surface area contributed by atoms with Gasteiger partial charge in [0.05, 0.1) is 6.54 Å². The zero-order chi connectivity index (χ0) is 14.3. The van der Waals surface area contributed by atoms with E-state index in [0.717, 1.165) is 13.1 Å². The number of hydrogen-bond acceptors (Lipinski definition) is 2. The van der Waals surface area contributed by atoms with Gasteiger partial charge < -0.3 is 4.90 Å². The van der Waals surface area contributed by atoms with Crippen molar-refractivity contribution in [3.63, 3.8) is 0 Å². The van der Waals surface area contributed by atoms with Crippen LogP contribution in [0.1, 0.15) is 59.3 Å². The molecule has 0 N–H and O–H groups in total. The van der Waals surface area contributed by atoms with Crippen molar-refractivity contribution in [3.05, 3.63) is 0 Å². The summed E-state index contributed by atoms with van der Waals surface area (Å²) in [6.07, 6.45) is 7.45. The van der Waals surface area contributed by atoms with Crippen LogP contribution in [0.25, 0.3) is 0 Å². The summed E-state index contributed by atoms with van der Waals surface area (Å²) < 4.78 is 0. The van der Waals surface area contributed by atoms with Crippen LogP contribution in [0.4, 0.5) is 0 Å². The van der Waals surface area contributed by atoms with Crippen molar-refractivity contribution in [1.82, 2.24) is 9.80 Å². The van der Waals surface area contributed by atoms with Crippen molar-refractivity contribution in [1.29, 1.82) is 0 Å². The van der Waals surface area contributed by atoms with E-state index >= 15 is 0 Å². The molecule has 0 aromatic rings. The first-order chi connectivity index (χ1) is 9.10. The van der Waals surface area contributed by atoms with Crippen LogP contribution < -0.4 is 0 Å². The summed E-state index contributed by atoms with van der Waals surface area (Å²) in [4.78, 5) is 16.7. The first kappa shape index (κ1) is 16.5. The molecule has 1 aliphatic carbocycles. The Morgan fingerprint density at radius 1 is 1.21 bits per heavy atom. The molecule has 0 heterocycles.